The highest BCUT2D eigenvalue weighted by molar-refractivity contribution is 6.30. The van der Waals surface area contributed by atoms with Crippen LogP contribution in [0, 0.1) is 6.92 Å². The van der Waals surface area contributed by atoms with Crippen molar-refractivity contribution < 1.29 is 9.84 Å². The summed E-state index contributed by atoms with van der Waals surface area (Å²) >= 11 is 6.20. The van der Waals surface area contributed by atoms with E-state index in [9.17, 15) is 5.11 Å². The van der Waals surface area contributed by atoms with E-state index in [4.69, 9.17) is 16.3 Å². The van der Waals surface area contributed by atoms with Crippen LogP contribution in [-0.4, -0.2) is 62.0 Å². The van der Waals surface area contributed by atoms with Gasteiger partial charge in [0.05, 0.1) is 19.3 Å². The van der Waals surface area contributed by atoms with Crippen LogP contribution in [0.5, 0.6) is 0 Å². The van der Waals surface area contributed by atoms with E-state index in [1.165, 1.54) is 22.4 Å². The molecule has 1 heterocycles. The Morgan fingerprint density at radius 2 is 1.45 bits per heavy atom. The second-order valence-electron chi connectivity index (χ2n) is 8.78. The van der Waals surface area contributed by atoms with Gasteiger partial charge in [0.1, 0.15) is 0 Å². The van der Waals surface area contributed by atoms with Crippen LogP contribution >= 0.6 is 11.6 Å². The zero-order chi connectivity index (χ0) is 23.0. The van der Waals surface area contributed by atoms with Crippen LogP contribution in [0.3, 0.4) is 0 Å². The third-order valence-electron chi connectivity index (χ3n) is 6.35. The molecule has 0 amide bonds. The first kappa shape index (κ1) is 23.8. The Morgan fingerprint density at radius 3 is 2.06 bits per heavy atom. The lowest BCUT2D eigenvalue weighted by molar-refractivity contribution is 0.0136. The van der Waals surface area contributed by atoms with Gasteiger partial charge in [-0.3, -0.25) is 4.90 Å². The molecule has 33 heavy (non-hydrogen) atoms. The maximum atomic E-state index is 10.6. The van der Waals surface area contributed by atoms with Gasteiger partial charge in [-0.25, -0.2) is 0 Å². The molecular weight excluding hydrogens is 432 g/mol. The number of anilines is 1. The minimum atomic E-state index is -0.503. The normalized spacial score (nSPS) is 15.7. The summed E-state index contributed by atoms with van der Waals surface area (Å²) in [7, 11) is 0. The number of piperazine rings is 1. The Hall–Kier alpha value is -2.37. The lowest BCUT2D eigenvalue weighted by Crippen LogP contribution is -2.49. The van der Waals surface area contributed by atoms with E-state index < -0.39 is 6.10 Å². The van der Waals surface area contributed by atoms with Crippen molar-refractivity contribution in [3.8, 4) is 0 Å². The van der Waals surface area contributed by atoms with E-state index in [2.05, 4.69) is 71.3 Å². The molecule has 3 aromatic carbocycles. The van der Waals surface area contributed by atoms with Gasteiger partial charge in [-0.2, -0.15) is 0 Å². The number of aliphatic hydroxyl groups excluding tert-OH is 1. The summed E-state index contributed by atoms with van der Waals surface area (Å²) in [6, 6.07) is 26.9. The van der Waals surface area contributed by atoms with Crippen molar-refractivity contribution in [2.45, 2.75) is 18.9 Å². The number of ether oxygens (including phenoxy) is 1. The van der Waals surface area contributed by atoms with Gasteiger partial charge in [0, 0.05) is 49.4 Å². The van der Waals surface area contributed by atoms with Gasteiger partial charge < -0.3 is 14.7 Å². The predicted molar refractivity (Wildman–Crippen MR) is 136 cm³/mol. The van der Waals surface area contributed by atoms with Crippen molar-refractivity contribution in [3.05, 3.63) is 101 Å². The van der Waals surface area contributed by atoms with Crippen LogP contribution in [0.2, 0.25) is 5.02 Å². The summed E-state index contributed by atoms with van der Waals surface area (Å²) in [5.41, 5.74) is 4.91. The molecule has 0 spiro atoms. The predicted octanol–water partition coefficient (Wildman–Crippen LogP) is 4.98. The Balaban J connectivity index is 1.25. The molecule has 4 nitrogen and oxygen atoms in total. The van der Waals surface area contributed by atoms with Gasteiger partial charge in [0.15, 0.2) is 0 Å². The molecule has 1 atom stereocenters. The monoisotopic (exact) mass is 464 g/mol. The van der Waals surface area contributed by atoms with Gasteiger partial charge in [-0.1, -0.05) is 78.3 Å². The van der Waals surface area contributed by atoms with Gasteiger partial charge in [-0.05, 0) is 35.7 Å². The molecule has 5 heteroatoms. The fraction of sp³-hybridized carbons (Fsp3) is 0.357. The van der Waals surface area contributed by atoms with Gasteiger partial charge in [0.2, 0.25) is 0 Å². The number of aryl methyl sites for hydroxylation is 1. The van der Waals surface area contributed by atoms with E-state index >= 15 is 0 Å². The summed E-state index contributed by atoms with van der Waals surface area (Å²) in [4.78, 5) is 4.70. The van der Waals surface area contributed by atoms with Crippen molar-refractivity contribution in [3.63, 3.8) is 0 Å². The Bertz CT molecular complexity index is 952. The fourth-order valence-electron chi connectivity index (χ4n) is 4.52. The summed E-state index contributed by atoms with van der Waals surface area (Å²) in [6.07, 6.45) is -0.503. The molecule has 0 aromatic heterocycles. The molecule has 1 unspecified atom stereocenters. The number of rotatable bonds is 9. The first-order valence-electron chi connectivity index (χ1n) is 11.7. The molecule has 0 bridgehead atoms. The number of aliphatic hydroxyl groups is 1. The summed E-state index contributed by atoms with van der Waals surface area (Å²) < 4.78 is 6.03. The van der Waals surface area contributed by atoms with Gasteiger partial charge >= 0.3 is 0 Å². The molecule has 3 aromatic rings. The summed E-state index contributed by atoms with van der Waals surface area (Å²) in [5.74, 6) is 0.157. The Labute approximate surface area is 202 Å². The highest BCUT2D eigenvalue weighted by atomic mass is 35.5. The van der Waals surface area contributed by atoms with E-state index in [1.807, 2.05) is 24.3 Å². The number of nitrogens with zero attached hydrogens (tertiary/aromatic N) is 2. The largest absolute Gasteiger partial charge is 0.389 e. The quantitative estimate of drug-likeness (QED) is 0.484. The highest BCUT2D eigenvalue weighted by Crippen LogP contribution is 2.26. The molecule has 4 rings (SSSR count). The Morgan fingerprint density at radius 1 is 0.848 bits per heavy atom. The number of benzene rings is 3. The molecule has 1 N–H and O–H groups in total. The lowest BCUT2D eigenvalue weighted by Gasteiger charge is -2.37. The van der Waals surface area contributed by atoms with Crippen molar-refractivity contribution in [2.24, 2.45) is 0 Å². The van der Waals surface area contributed by atoms with Crippen LogP contribution in [0.25, 0.3) is 0 Å². The summed E-state index contributed by atoms with van der Waals surface area (Å²) in [5, 5.41) is 11.4. The first-order chi connectivity index (χ1) is 16.1. The number of β-amino-alcohol motifs (C(OH)–C–C–N with tert-alkyl or cyclic N) is 1. The molecule has 0 radical (unpaired) electrons. The maximum absolute atomic E-state index is 10.6. The second-order valence-corrected chi connectivity index (χ2v) is 9.22. The molecule has 0 saturated carbocycles. The van der Waals surface area contributed by atoms with E-state index in [1.54, 1.807) is 0 Å². The molecular formula is C28H33ClN2O2. The number of halogens is 1. The Kier molecular flexibility index (Phi) is 8.40. The molecule has 1 aliphatic heterocycles. The molecule has 1 aliphatic rings. The average molecular weight is 465 g/mol. The van der Waals surface area contributed by atoms with E-state index in [0.717, 1.165) is 31.2 Å². The molecule has 1 saturated heterocycles. The van der Waals surface area contributed by atoms with Crippen molar-refractivity contribution in [1.82, 2.24) is 4.90 Å². The number of hydrogen-bond donors (Lipinski definition) is 1. The molecule has 0 aliphatic carbocycles. The topological polar surface area (TPSA) is 35.9 Å². The van der Waals surface area contributed by atoms with Crippen molar-refractivity contribution >= 4 is 17.3 Å². The van der Waals surface area contributed by atoms with Crippen LogP contribution < -0.4 is 4.90 Å². The van der Waals surface area contributed by atoms with E-state index in [0.29, 0.717) is 19.8 Å². The number of hydrogen-bond acceptors (Lipinski definition) is 4. The SMILES string of the molecule is Cc1ccc(Cl)cc1N1CCN(CC(O)COCC(c2ccccc2)c2ccccc2)CC1. The van der Waals surface area contributed by atoms with Crippen LogP contribution in [-0.2, 0) is 4.74 Å². The summed E-state index contributed by atoms with van der Waals surface area (Å²) in [6.45, 7) is 7.33. The van der Waals surface area contributed by atoms with Crippen molar-refractivity contribution in [2.75, 3.05) is 50.8 Å². The van der Waals surface area contributed by atoms with Crippen LogP contribution in [0.15, 0.2) is 78.9 Å². The molecule has 174 valence electrons. The lowest BCUT2D eigenvalue weighted by atomic mass is 9.92. The van der Waals surface area contributed by atoms with Crippen LogP contribution in [0.4, 0.5) is 5.69 Å². The smallest absolute Gasteiger partial charge is 0.0900 e. The third-order valence-corrected chi connectivity index (χ3v) is 6.59. The third kappa shape index (κ3) is 6.58. The highest BCUT2D eigenvalue weighted by Gasteiger charge is 2.21. The van der Waals surface area contributed by atoms with Crippen LogP contribution in [0.1, 0.15) is 22.6 Å². The zero-order valence-corrected chi connectivity index (χ0v) is 20.0. The van der Waals surface area contributed by atoms with Gasteiger partial charge in [0.25, 0.3) is 0 Å². The average Bonchev–Trinajstić information content (AvgIpc) is 2.85. The zero-order valence-electron chi connectivity index (χ0n) is 19.2. The minimum absolute atomic E-state index is 0.157. The maximum Gasteiger partial charge on any atom is 0.0900 e. The molecule has 1 fully saturated rings. The van der Waals surface area contributed by atoms with E-state index in [-0.39, 0.29) is 5.92 Å². The standard InChI is InChI=1S/C28H33ClN2O2/c1-22-12-13-25(29)18-28(22)31-16-14-30(15-17-31)19-26(32)20-33-21-27(23-8-4-2-5-9-23)24-10-6-3-7-11-24/h2-13,18,26-27,32H,14-17,19-21H2,1H3. The minimum Gasteiger partial charge on any atom is -0.389 e. The second kappa shape index (κ2) is 11.7. The van der Waals surface area contributed by atoms with Crippen molar-refractivity contribution in [1.29, 1.82) is 0 Å². The fourth-order valence-corrected chi connectivity index (χ4v) is 4.69. The first-order valence-corrected chi connectivity index (χ1v) is 12.1. The van der Waals surface area contributed by atoms with Gasteiger partial charge in [-0.15, -0.1) is 0 Å².